The molecule has 0 saturated carbocycles. The fourth-order valence-electron chi connectivity index (χ4n) is 3.84. The SMILES string of the molecule is Cc1cccc(CC(C(=O)NCC#N)N(C)C(=O)C(c2ccccc2)c2ccccc2)c1. The van der Waals surface area contributed by atoms with Gasteiger partial charge in [-0.15, -0.1) is 0 Å². The second kappa shape index (κ2) is 10.9. The lowest BCUT2D eigenvalue weighted by atomic mass is 9.89. The number of rotatable bonds is 8. The molecule has 0 bridgehead atoms. The highest BCUT2D eigenvalue weighted by Crippen LogP contribution is 2.27. The zero-order chi connectivity index (χ0) is 22.9. The molecular formula is C27H27N3O2. The van der Waals surface area contributed by atoms with Crippen LogP contribution in [0.1, 0.15) is 28.2 Å². The van der Waals surface area contributed by atoms with Gasteiger partial charge >= 0.3 is 0 Å². The van der Waals surface area contributed by atoms with E-state index in [4.69, 9.17) is 5.26 Å². The Balaban J connectivity index is 1.96. The Morgan fingerprint density at radius 3 is 2.06 bits per heavy atom. The number of nitriles is 1. The summed E-state index contributed by atoms with van der Waals surface area (Å²) in [5.74, 6) is -1.05. The Labute approximate surface area is 189 Å². The molecule has 3 aromatic rings. The maximum Gasteiger partial charge on any atom is 0.243 e. The molecule has 0 aliphatic rings. The third-order valence-corrected chi connectivity index (χ3v) is 5.48. The Morgan fingerprint density at radius 1 is 0.938 bits per heavy atom. The largest absolute Gasteiger partial charge is 0.341 e. The van der Waals surface area contributed by atoms with Gasteiger partial charge in [-0.1, -0.05) is 90.5 Å². The topological polar surface area (TPSA) is 73.2 Å². The molecular weight excluding hydrogens is 398 g/mol. The normalized spacial score (nSPS) is 11.4. The third kappa shape index (κ3) is 5.61. The van der Waals surface area contributed by atoms with Crippen molar-refractivity contribution in [1.82, 2.24) is 10.2 Å². The van der Waals surface area contributed by atoms with Crippen LogP contribution in [-0.2, 0) is 16.0 Å². The maximum atomic E-state index is 13.8. The first-order valence-electron chi connectivity index (χ1n) is 10.6. The van der Waals surface area contributed by atoms with Gasteiger partial charge in [0.05, 0.1) is 12.0 Å². The van der Waals surface area contributed by atoms with E-state index >= 15 is 0 Å². The minimum absolute atomic E-state index is 0.105. The minimum Gasteiger partial charge on any atom is -0.341 e. The average molecular weight is 426 g/mol. The zero-order valence-electron chi connectivity index (χ0n) is 18.4. The van der Waals surface area contributed by atoms with Crippen LogP contribution in [0.25, 0.3) is 0 Å². The molecule has 2 amide bonds. The predicted octanol–water partition coefficient (Wildman–Crippen LogP) is 3.84. The average Bonchev–Trinajstić information content (AvgIpc) is 2.82. The molecule has 5 heteroatoms. The van der Waals surface area contributed by atoms with Crippen molar-refractivity contribution in [1.29, 1.82) is 5.26 Å². The molecule has 0 saturated heterocycles. The standard InChI is InChI=1S/C27H27N3O2/c1-20-10-9-11-21(18-20)19-24(26(31)29-17-16-28)30(2)27(32)25(22-12-5-3-6-13-22)23-14-7-4-8-15-23/h3-15,18,24-25H,17,19H2,1-2H3,(H,29,31). The quantitative estimate of drug-likeness (QED) is 0.558. The summed E-state index contributed by atoms with van der Waals surface area (Å²) in [6.07, 6.45) is 0.359. The summed E-state index contributed by atoms with van der Waals surface area (Å²) in [5.41, 5.74) is 3.77. The molecule has 0 fully saturated rings. The monoisotopic (exact) mass is 425 g/mol. The highest BCUT2D eigenvalue weighted by Gasteiger charge is 2.33. The van der Waals surface area contributed by atoms with Crippen LogP contribution in [0.2, 0.25) is 0 Å². The maximum absolute atomic E-state index is 13.8. The Hall–Kier alpha value is -3.91. The second-order valence-electron chi connectivity index (χ2n) is 7.79. The van der Waals surface area contributed by atoms with Gasteiger partial charge in [-0.3, -0.25) is 9.59 Å². The molecule has 0 spiro atoms. The third-order valence-electron chi connectivity index (χ3n) is 5.48. The van der Waals surface area contributed by atoms with Gasteiger partial charge in [-0.2, -0.15) is 5.26 Å². The van der Waals surface area contributed by atoms with E-state index in [1.165, 1.54) is 4.90 Å². The highest BCUT2D eigenvalue weighted by atomic mass is 16.2. The molecule has 1 N–H and O–H groups in total. The molecule has 0 radical (unpaired) electrons. The lowest BCUT2D eigenvalue weighted by Crippen LogP contribution is -2.50. The van der Waals surface area contributed by atoms with E-state index in [1.54, 1.807) is 7.05 Å². The van der Waals surface area contributed by atoms with Crippen molar-refractivity contribution in [2.75, 3.05) is 13.6 Å². The van der Waals surface area contributed by atoms with Gasteiger partial charge in [-0.25, -0.2) is 0 Å². The first-order valence-corrected chi connectivity index (χ1v) is 10.6. The lowest BCUT2D eigenvalue weighted by molar-refractivity contribution is -0.139. The van der Waals surface area contributed by atoms with E-state index < -0.39 is 12.0 Å². The predicted molar refractivity (Wildman–Crippen MR) is 125 cm³/mol. The molecule has 0 aliphatic heterocycles. The molecule has 3 aromatic carbocycles. The summed E-state index contributed by atoms with van der Waals surface area (Å²) in [6, 6.07) is 28.2. The number of hydrogen-bond acceptors (Lipinski definition) is 3. The molecule has 0 aromatic heterocycles. The fourth-order valence-corrected chi connectivity index (χ4v) is 3.84. The zero-order valence-corrected chi connectivity index (χ0v) is 18.4. The van der Waals surface area contributed by atoms with Crippen LogP contribution in [0.15, 0.2) is 84.9 Å². The second-order valence-corrected chi connectivity index (χ2v) is 7.79. The molecule has 5 nitrogen and oxygen atoms in total. The Kier molecular flexibility index (Phi) is 7.77. The van der Waals surface area contributed by atoms with E-state index in [0.717, 1.165) is 22.3 Å². The van der Waals surface area contributed by atoms with Crippen molar-refractivity contribution < 1.29 is 9.59 Å². The van der Waals surface area contributed by atoms with Crippen molar-refractivity contribution in [3.63, 3.8) is 0 Å². The number of amides is 2. The summed E-state index contributed by atoms with van der Waals surface area (Å²) in [7, 11) is 1.66. The Bertz CT molecular complexity index is 1050. The molecule has 162 valence electrons. The number of benzene rings is 3. The van der Waals surface area contributed by atoms with Crippen LogP contribution in [0.4, 0.5) is 0 Å². The molecule has 1 atom stereocenters. The van der Waals surface area contributed by atoms with Crippen LogP contribution in [0.5, 0.6) is 0 Å². The van der Waals surface area contributed by atoms with E-state index in [2.05, 4.69) is 5.32 Å². The van der Waals surface area contributed by atoms with Gasteiger partial charge in [0, 0.05) is 13.5 Å². The number of hydrogen-bond donors (Lipinski definition) is 1. The van der Waals surface area contributed by atoms with Crippen molar-refractivity contribution in [3.8, 4) is 6.07 Å². The Morgan fingerprint density at radius 2 is 1.53 bits per heavy atom. The highest BCUT2D eigenvalue weighted by molar-refractivity contribution is 5.92. The number of likely N-dealkylation sites (N-methyl/N-ethyl adjacent to an activating group) is 1. The number of nitrogens with one attached hydrogen (secondary N) is 1. The van der Waals surface area contributed by atoms with Gasteiger partial charge in [-0.05, 0) is 23.6 Å². The van der Waals surface area contributed by atoms with E-state index in [1.807, 2.05) is 97.9 Å². The summed E-state index contributed by atoms with van der Waals surface area (Å²) in [4.78, 5) is 28.3. The van der Waals surface area contributed by atoms with Crippen LogP contribution in [0.3, 0.4) is 0 Å². The number of nitrogens with zero attached hydrogens (tertiary/aromatic N) is 2. The first-order chi connectivity index (χ1) is 15.5. The van der Waals surface area contributed by atoms with Gasteiger partial charge in [0.2, 0.25) is 11.8 Å². The van der Waals surface area contributed by atoms with Gasteiger partial charge in [0.25, 0.3) is 0 Å². The molecule has 0 aliphatic carbocycles. The van der Waals surface area contributed by atoms with E-state index in [0.29, 0.717) is 6.42 Å². The van der Waals surface area contributed by atoms with Gasteiger partial charge in [0.15, 0.2) is 0 Å². The minimum atomic E-state index is -0.743. The van der Waals surface area contributed by atoms with E-state index in [9.17, 15) is 9.59 Å². The first kappa shape index (κ1) is 22.8. The van der Waals surface area contributed by atoms with Crippen molar-refractivity contribution in [3.05, 3.63) is 107 Å². The van der Waals surface area contributed by atoms with Crippen LogP contribution in [-0.4, -0.2) is 36.3 Å². The number of aryl methyl sites for hydroxylation is 1. The molecule has 3 rings (SSSR count). The molecule has 0 heterocycles. The lowest BCUT2D eigenvalue weighted by Gasteiger charge is -2.31. The fraction of sp³-hybridized carbons (Fsp3) is 0.222. The van der Waals surface area contributed by atoms with Crippen molar-refractivity contribution >= 4 is 11.8 Å². The van der Waals surface area contributed by atoms with Crippen molar-refractivity contribution in [2.45, 2.75) is 25.3 Å². The van der Waals surface area contributed by atoms with Gasteiger partial charge < -0.3 is 10.2 Å². The number of carbonyl (C=O) groups excluding carboxylic acids is 2. The summed E-state index contributed by atoms with van der Waals surface area (Å²) in [5, 5.41) is 11.5. The smallest absolute Gasteiger partial charge is 0.243 e. The number of carbonyl (C=O) groups is 2. The van der Waals surface area contributed by atoms with Crippen molar-refractivity contribution in [2.24, 2.45) is 0 Å². The van der Waals surface area contributed by atoms with Crippen LogP contribution in [0, 0.1) is 18.3 Å². The molecule has 32 heavy (non-hydrogen) atoms. The van der Waals surface area contributed by atoms with Crippen LogP contribution < -0.4 is 5.32 Å². The summed E-state index contributed by atoms with van der Waals surface area (Å²) in [6.45, 7) is 1.88. The van der Waals surface area contributed by atoms with E-state index in [-0.39, 0.29) is 18.4 Å². The van der Waals surface area contributed by atoms with Gasteiger partial charge in [0.1, 0.15) is 12.6 Å². The summed E-state index contributed by atoms with van der Waals surface area (Å²) < 4.78 is 0. The molecule has 1 unspecified atom stereocenters. The van der Waals surface area contributed by atoms with Crippen LogP contribution >= 0.6 is 0 Å². The summed E-state index contributed by atoms with van der Waals surface area (Å²) >= 11 is 0.